The molecule has 0 heterocycles. The molecular weight excluding hydrogens is 208 g/mol. The van der Waals surface area contributed by atoms with Crippen LogP contribution in [0.2, 0.25) is 0 Å². The summed E-state index contributed by atoms with van der Waals surface area (Å²) in [5.41, 5.74) is 5.51. The standard InChI is InChI=1S/C11H22N2O3/c1-4-9(7-12)11(16)13(5-2)8(3)6-10(14)15/h8-9H,4-7,12H2,1-3H3,(H,14,15). The molecule has 5 heteroatoms. The molecule has 0 aromatic heterocycles. The highest BCUT2D eigenvalue weighted by Gasteiger charge is 2.25. The lowest BCUT2D eigenvalue weighted by atomic mass is 10.0. The Labute approximate surface area is 96.6 Å². The SMILES string of the molecule is CCC(CN)C(=O)N(CC)C(C)CC(=O)O. The van der Waals surface area contributed by atoms with Gasteiger partial charge in [-0.25, -0.2) is 0 Å². The number of carboxylic acids is 1. The first-order chi connectivity index (χ1) is 7.47. The maximum absolute atomic E-state index is 12.0. The van der Waals surface area contributed by atoms with Gasteiger partial charge in [0.25, 0.3) is 0 Å². The Balaban J connectivity index is 4.58. The molecule has 0 spiro atoms. The van der Waals surface area contributed by atoms with Crippen molar-refractivity contribution in [3.8, 4) is 0 Å². The molecule has 3 N–H and O–H groups in total. The summed E-state index contributed by atoms with van der Waals surface area (Å²) in [6, 6.07) is -0.282. The van der Waals surface area contributed by atoms with Gasteiger partial charge in [-0.05, 0) is 20.3 Å². The number of nitrogens with two attached hydrogens (primary N) is 1. The Bertz CT molecular complexity index is 239. The van der Waals surface area contributed by atoms with Gasteiger partial charge in [0.05, 0.1) is 12.3 Å². The van der Waals surface area contributed by atoms with Crippen molar-refractivity contribution in [3.05, 3.63) is 0 Å². The quantitative estimate of drug-likeness (QED) is 0.673. The van der Waals surface area contributed by atoms with Crippen molar-refractivity contribution in [2.75, 3.05) is 13.1 Å². The summed E-state index contributed by atoms with van der Waals surface area (Å²) >= 11 is 0. The van der Waals surface area contributed by atoms with E-state index in [1.54, 1.807) is 11.8 Å². The number of nitrogens with zero attached hydrogens (tertiary/aromatic N) is 1. The number of amides is 1. The molecule has 2 unspecified atom stereocenters. The Kier molecular flexibility index (Phi) is 6.72. The van der Waals surface area contributed by atoms with Crippen LogP contribution in [-0.2, 0) is 9.59 Å². The zero-order valence-corrected chi connectivity index (χ0v) is 10.3. The van der Waals surface area contributed by atoms with E-state index in [9.17, 15) is 9.59 Å². The van der Waals surface area contributed by atoms with Crippen LogP contribution >= 0.6 is 0 Å². The summed E-state index contributed by atoms with van der Waals surface area (Å²) in [5.74, 6) is -1.13. The zero-order chi connectivity index (χ0) is 12.7. The fourth-order valence-corrected chi connectivity index (χ4v) is 1.72. The molecule has 0 fully saturated rings. The third kappa shape index (κ3) is 4.18. The van der Waals surface area contributed by atoms with E-state index in [1.165, 1.54) is 0 Å². The first-order valence-electron chi connectivity index (χ1n) is 5.70. The highest BCUT2D eigenvalue weighted by Crippen LogP contribution is 2.11. The topological polar surface area (TPSA) is 83.6 Å². The number of hydrogen-bond acceptors (Lipinski definition) is 3. The van der Waals surface area contributed by atoms with Gasteiger partial charge in [-0.15, -0.1) is 0 Å². The molecule has 0 rings (SSSR count). The largest absolute Gasteiger partial charge is 0.481 e. The highest BCUT2D eigenvalue weighted by atomic mass is 16.4. The molecule has 0 saturated carbocycles. The van der Waals surface area contributed by atoms with Crippen LogP contribution in [0.5, 0.6) is 0 Å². The predicted molar refractivity (Wildman–Crippen MR) is 61.9 cm³/mol. The first-order valence-corrected chi connectivity index (χ1v) is 5.70. The van der Waals surface area contributed by atoms with E-state index >= 15 is 0 Å². The summed E-state index contributed by atoms with van der Waals surface area (Å²) in [7, 11) is 0. The third-order valence-corrected chi connectivity index (χ3v) is 2.75. The van der Waals surface area contributed by atoms with Crippen LogP contribution in [0.1, 0.15) is 33.6 Å². The number of aliphatic carboxylic acids is 1. The average Bonchev–Trinajstić information content (AvgIpc) is 2.19. The normalized spacial score (nSPS) is 14.2. The lowest BCUT2D eigenvalue weighted by Crippen LogP contribution is -2.44. The van der Waals surface area contributed by atoms with Gasteiger partial charge in [0.15, 0.2) is 0 Å². The lowest BCUT2D eigenvalue weighted by Gasteiger charge is -2.30. The van der Waals surface area contributed by atoms with Crippen LogP contribution < -0.4 is 5.73 Å². The summed E-state index contributed by atoms with van der Waals surface area (Å²) < 4.78 is 0. The molecule has 0 saturated heterocycles. The Morgan fingerprint density at radius 1 is 1.38 bits per heavy atom. The maximum atomic E-state index is 12.0. The van der Waals surface area contributed by atoms with E-state index in [-0.39, 0.29) is 24.3 Å². The van der Waals surface area contributed by atoms with Gasteiger partial charge in [0.1, 0.15) is 0 Å². The van der Waals surface area contributed by atoms with E-state index in [4.69, 9.17) is 10.8 Å². The molecular formula is C11H22N2O3. The predicted octanol–water partition coefficient (Wildman–Crippen LogP) is 0.683. The summed E-state index contributed by atoms with van der Waals surface area (Å²) in [6.07, 6.45) is 0.659. The second-order valence-corrected chi connectivity index (χ2v) is 3.91. The minimum absolute atomic E-state index is 0.0272. The van der Waals surface area contributed by atoms with Crippen LogP contribution in [0.25, 0.3) is 0 Å². The van der Waals surface area contributed by atoms with E-state index in [1.807, 2.05) is 13.8 Å². The molecule has 2 atom stereocenters. The maximum Gasteiger partial charge on any atom is 0.305 e. The minimum atomic E-state index is -0.889. The van der Waals surface area contributed by atoms with Crippen LogP contribution in [0.3, 0.4) is 0 Å². The van der Waals surface area contributed by atoms with Crippen molar-refractivity contribution < 1.29 is 14.7 Å². The number of carboxylic acid groups (broad SMARTS) is 1. The Morgan fingerprint density at radius 2 is 1.94 bits per heavy atom. The van der Waals surface area contributed by atoms with Crippen molar-refractivity contribution in [2.45, 2.75) is 39.7 Å². The van der Waals surface area contributed by atoms with E-state index < -0.39 is 5.97 Å². The van der Waals surface area contributed by atoms with Crippen molar-refractivity contribution in [1.82, 2.24) is 4.90 Å². The monoisotopic (exact) mass is 230 g/mol. The number of carbonyl (C=O) groups is 2. The van der Waals surface area contributed by atoms with E-state index in [2.05, 4.69) is 0 Å². The summed E-state index contributed by atoms with van der Waals surface area (Å²) in [4.78, 5) is 24.2. The molecule has 0 aromatic carbocycles. The van der Waals surface area contributed by atoms with E-state index in [0.717, 1.165) is 0 Å². The zero-order valence-electron chi connectivity index (χ0n) is 10.3. The second-order valence-electron chi connectivity index (χ2n) is 3.91. The van der Waals surface area contributed by atoms with E-state index in [0.29, 0.717) is 19.5 Å². The third-order valence-electron chi connectivity index (χ3n) is 2.75. The minimum Gasteiger partial charge on any atom is -0.481 e. The fraction of sp³-hybridized carbons (Fsp3) is 0.818. The molecule has 5 nitrogen and oxygen atoms in total. The fourth-order valence-electron chi connectivity index (χ4n) is 1.72. The molecule has 0 radical (unpaired) electrons. The van der Waals surface area contributed by atoms with Gasteiger partial charge in [-0.3, -0.25) is 9.59 Å². The first kappa shape index (κ1) is 14.9. The second kappa shape index (κ2) is 7.22. The summed E-state index contributed by atoms with van der Waals surface area (Å²) in [5, 5.41) is 8.70. The molecule has 0 aliphatic carbocycles. The van der Waals surface area contributed by atoms with Crippen molar-refractivity contribution in [3.63, 3.8) is 0 Å². The number of carbonyl (C=O) groups excluding carboxylic acids is 1. The van der Waals surface area contributed by atoms with Gasteiger partial charge >= 0.3 is 5.97 Å². The summed E-state index contributed by atoms with van der Waals surface area (Å²) in [6.45, 7) is 6.33. The molecule has 0 aliphatic heterocycles. The van der Waals surface area contributed by atoms with Crippen LogP contribution in [0.15, 0.2) is 0 Å². The highest BCUT2D eigenvalue weighted by molar-refractivity contribution is 5.80. The van der Waals surface area contributed by atoms with Crippen LogP contribution in [0.4, 0.5) is 0 Å². The van der Waals surface area contributed by atoms with Gasteiger partial charge in [-0.2, -0.15) is 0 Å². The average molecular weight is 230 g/mol. The van der Waals surface area contributed by atoms with Gasteiger partial charge in [0.2, 0.25) is 5.91 Å². The molecule has 0 bridgehead atoms. The Morgan fingerprint density at radius 3 is 2.25 bits per heavy atom. The molecule has 1 amide bonds. The van der Waals surface area contributed by atoms with Crippen molar-refractivity contribution >= 4 is 11.9 Å². The van der Waals surface area contributed by atoms with Gasteiger partial charge in [0, 0.05) is 19.1 Å². The van der Waals surface area contributed by atoms with Crippen LogP contribution in [0, 0.1) is 5.92 Å². The Hall–Kier alpha value is -1.10. The van der Waals surface area contributed by atoms with Crippen molar-refractivity contribution in [2.24, 2.45) is 11.7 Å². The number of hydrogen-bond donors (Lipinski definition) is 2. The number of rotatable bonds is 7. The molecule has 94 valence electrons. The molecule has 16 heavy (non-hydrogen) atoms. The molecule has 0 aliphatic rings. The van der Waals surface area contributed by atoms with Crippen molar-refractivity contribution in [1.29, 1.82) is 0 Å². The molecule has 0 aromatic rings. The van der Waals surface area contributed by atoms with Gasteiger partial charge in [-0.1, -0.05) is 6.92 Å². The lowest BCUT2D eigenvalue weighted by molar-refractivity contribution is -0.142. The van der Waals surface area contributed by atoms with Crippen LogP contribution in [-0.4, -0.2) is 41.0 Å². The smallest absolute Gasteiger partial charge is 0.305 e. The van der Waals surface area contributed by atoms with Gasteiger partial charge < -0.3 is 15.7 Å².